The van der Waals surface area contributed by atoms with Crippen molar-refractivity contribution in [2.24, 2.45) is 11.1 Å². The smallest absolute Gasteiger partial charge is 0.238 e. The van der Waals surface area contributed by atoms with Crippen LogP contribution in [0.25, 0.3) is 0 Å². The van der Waals surface area contributed by atoms with Crippen molar-refractivity contribution in [3.05, 3.63) is 41.1 Å². The molecule has 0 radical (unpaired) electrons. The van der Waals surface area contributed by atoms with E-state index >= 15 is 0 Å². The Hall–Kier alpha value is -2.23. The van der Waals surface area contributed by atoms with Gasteiger partial charge in [-0.05, 0) is 48.4 Å². The van der Waals surface area contributed by atoms with E-state index in [4.69, 9.17) is 15.1 Å². The van der Waals surface area contributed by atoms with Gasteiger partial charge in [0.05, 0.1) is 23.2 Å². The largest absolute Gasteiger partial charge is 0.394 e. The number of primary sulfonamides is 1. The topological polar surface area (TPSA) is 121 Å². The number of benzene rings is 1. The summed E-state index contributed by atoms with van der Waals surface area (Å²) in [6, 6.07) is 7.01. The summed E-state index contributed by atoms with van der Waals surface area (Å²) in [6.07, 6.45) is 3.06. The van der Waals surface area contributed by atoms with Gasteiger partial charge in [-0.25, -0.2) is 18.5 Å². The summed E-state index contributed by atoms with van der Waals surface area (Å²) in [5.41, 5.74) is 3.10. The van der Waals surface area contributed by atoms with E-state index in [0.717, 1.165) is 48.4 Å². The minimum absolute atomic E-state index is 0.0114. The lowest BCUT2D eigenvalue weighted by atomic mass is 10.00. The van der Waals surface area contributed by atoms with E-state index in [1.165, 1.54) is 0 Å². The number of fused-ring (bicyclic) bond motifs is 1. The molecule has 1 aromatic heterocycles. The van der Waals surface area contributed by atoms with Gasteiger partial charge in [-0.15, -0.1) is 0 Å². The zero-order valence-corrected chi connectivity index (χ0v) is 18.2. The number of anilines is 2. The van der Waals surface area contributed by atoms with Crippen molar-refractivity contribution < 1.29 is 13.5 Å². The molecule has 30 heavy (non-hydrogen) atoms. The maximum atomic E-state index is 11.7. The van der Waals surface area contributed by atoms with Crippen molar-refractivity contribution in [1.82, 2.24) is 9.97 Å². The minimum Gasteiger partial charge on any atom is -0.394 e. The van der Waals surface area contributed by atoms with E-state index in [0.29, 0.717) is 18.4 Å². The quantitative estimate of drug-likeness (QED) is 0.613. The van der Waals surface area contributed by atoms with Gasteiger partial charge < -0.3 is 15.3 Å². The number of nitrogens with two attached hydrogens (primary N) is 1. The Balaban J connectivity index is 1.64. The van der Waals surface area contributed by atoms with Crippen LogP contribution >= 0.6 is 0 Å². The van der Waals surface area contributed by atoms with Gasteiger partial charge in [-0.2, -0.15) is 4.98 Å². The number of aliphatic hydroxyl groups excluding tert-OH is 1. The number of hydrogen-bond acceptors (Lipinski definition) is 7. The van der Waals surface area contributed by atoms with Crippen LogP contribution in [0, 0.1) is 5.92 Å². The molecule has 8 nitrogen and oxygen atoms in total. The molecule has 0 spiro atoms. The predicted octanol–water partition coefficient (Wildman–Crippen LogP) is 1.99. The van der Waals surface area contributed by atoms with Crippen LogP contribution in [0.1, 0.15) is 49.4 Å². The Morgan fingerprint density at radius 3 is 2.63 bits per heavy atom. The van der Waals surface area contributed by atoms with Crippen molar-refractivity contribution in [2.45, 2.75) is 56.5 Å². The predicted molar refractivity (Wildman–Crippen MR) is 116 cm³/mol. The zero-order valence-electron chi connectivity index (χ0n) is 17.4. The molecule has 0 unspecified atom stereocenters. The third kappa shape index (κ3) is 4.58. The van der Waals surface area contributed by atoms with Crippen LogP contribution in [0.15, 0.2) is 29.2 Å². The van der Waals surface area contributed by atoms with Crippen LogP contribution in [0.2, 0.25) is 0 Å². The first-order valence-electron chi connectivity index (χ1n) is 10.4. The van der Waals surface area contributed by atoms with Gasteiger partial charge in [-0.3, -0.25) is 0 Å². The molecule has 2 aromatic rings. The van der Waals surface area contributed by atoms with E-state index in [2.05, 4.69) is 10.2 Å². The van der Waals surface area contributed by atoms with E-state index in [9.17, 15) is 13.5 Å². The normalized spacial score (nSPS) is 17.7. The molecule has 2 heterocycles. The summed E-state index contributed by atoms with van der Waals surface area (Å²) >= 11 is 0. The van der Waals surface area contributed by atoms with E-state index < -0.39 is 10.0 Å². The molecular formula is C21H29N5O3S. The number of aromatic nitrogens is 2. The number of sulfonamides is 1. The molecule has 162 valence electrons. The minimum atomic E-state index is -3.74. The van der Waals surface area contributed by atoms with Crippen molar-refractivity contribution in [2.75, 3.05) is 23.4 Å². The fourth-order valence-electron chi connectivity index (χ4n) is 3.76. The Morgan fingerprint density at radius 1 is 1.23 bits per heavy atom. The summed E-state index contributed by atoms with van der Waals surface area (Å²) in [4.78, 5) is 11.7. The monoisotopic (exact) mass is 431 g/mol. The van der Waals surface area contributed by atoms with Crippen LogP contribution in [-0.4, -0.2) is 42.7 Å². The second-order valence-electron chi connectivity index (χ2n) is 8.57. The average molecular weight is 432 g/mol. The number of hydrogen-bond donors (Lipinski definition) is 3. The molecular weight excluding hydrogens is 402 g/mol. The lowest BCUT2D eigenvalue weighted by Crippen LogP contribution is -2.33. The maximum Gasteiger partial charge on any atom is 0.238 e. The highest BCUT2D eigenvalue weighted by atomic mass is 32.2. The first-order chi connectivity index (χ1) is 14.2. The van der Waals surface area contributed by atoms with Gasteiger partial charge in [0.15, 0.2) is 0 Å². The molecule has 0 saturated heterocycles. The van der Waals surface area contributed by atoms with Crippen LogP contribution < -0.4 is 15.4 Å². The van der Waals surface area contributed by atoms with Gasteiger partial charge in [0.1, 0.15) is 5.82 Å². The van der Waals surface area contributed by atoms with Crippen LogP contribution in [-0.2, 0) is 23.0 Å². The molecule has 9 heteroatoms. The van der Waals surface area contributed by atoms with Gasteiger partial charge in [0.2, 0.25) is 16.0 Å². The average Bonchev–Trinajstić information content (AvgIpc) is 3.55. The standard InChI is InChI=1S/C21H29N5O3S/c1-13(2)19(12-27)24-21-23-18(15-3-4-15)10-20(25-21)26-8-7-14-5-6-17(30(22,28)29)9-16(14)11-26/h5-6,9-10,13,15,19,27H,3-4,7-8,11-12H2,1-2H3,(H2,22,28,29)(H,23,24,25)/t19-/m0/s1. The van der Waals surface area contributed by atoms with Gasteiger partial charge in [-0.1, -0.05) is 19.9 Å². The molecule has 4 rings (SSSR count). The summed E-state index contributed by atoms with van der Waals surface area (Å²) in [6.45, 7) is 5.45. The third-order valence-electron chi connectivity index (χ3n) is 5.89. The highest BCUT2D eigenvalue weighted by Gasteiger charge is 2.28. The summed E-state index contributed by atoms with van der Waals surface area (Å²) in [7, 11) is -3.74. The molecule has 4 N–H and O–H groups in total. The first-order valence-corrected chi connectivity index (χ1v) is 11.9. The van der Waals surface area contributed by atoms with E-state index in [-0.39, 0.29) is 23.5 Å². The van der Waals surface area contributed by atoms with Crippen LogP contribution in [0.5, 0.6) is 0 Å². The van der Waals surface area contributed by atoms with E-state index in [1.54, 1.807) is 12.1 Å². The second kappa shape index (κ2) is 8.13. The highest BCUT2D eigenvalue weighted by molar-refractivity contribution is 7.89. The summed E-state index contributed by atoms with van der Waals surface area (Å²) in [5, 5.41) is 18.3. The second-order valence-corrected chi connectivity index (χ2v) is 10.1. The van der Waals surface area contributed by atoms with Gasteiger partial charge in [0.25, 0.3) is 0 Å². The number of nitrogens with zero attached hydrogens (tertiary/aromatic N) is 3. The lowest BCUT2D eigenvalue weighted by molar-refractivity contribution is 0.248. The molecule has 1 fully saturated rings. The fourth-order valence-corrected chi connectivity index (χ4v) is 4.33. The third-order valence-corrected chi connectivity index (χ3v) is 6.80. The summed E-state index contributed by atoms with van der Waals surface area (Å²) < 4.78 is 23.5. The highest BCUT2D eigenvalue weighted by Crippen LogP contribution is 2.40. The van der Waals surface area contributed by atoms with Gasteiger partial charge >= 0.3 is 0 Å². The summed E-state index contributed by atoms with van der Waals surface area (Å²) in [5.74, 6) is 2.06. The molecule has 0 bridgehead atoms. The number of nitrogens with one attached hydrogen (secondary N) is 1. The van der Waals surface area contributed by atoms with Crippen molar-refractivity contribution in [1.29, 1.82) is 0 Å². The number of aliphatic hydroxyl groups is 1. The molecule has 1 saturated carbocycles. The Kier molecular flexibility index (Phi) is 5.69. The molecule has 1 aliphatic carbocycles. The zero-order chi connectivity index (χ0) is 21.5. The number of rotatable bonds is 7. The van der Waals surface area contributed by atoms with Crippen molar-refractivity contribution in [3.8, 4) is 0 Å². The van der Waals surface area contributed by atoms with E-state index in [1.807, 2.05) is 26.0 Å². The molecule has 1 aliphatic heterocycles. The maximum absolute atomic E-state index is 11.7. The Labute approximate surface area is 177 Å². The van der Waals surface area contributed by atoms with Crippen LogP contribution in [0.4, 0.5) is 11.8 Å². The van der Waals surface area contributed by atoms with Crippen molar-refractivity contribution >= 4 is 21.8 Å². The van der Waals surface area contributed by atoms with Crippen LogP contribution in [0.3, 0.4) is 0 Å². The first kappa shape index (κ1) is 21.0. The Bertz CT molecular complexity index is 1040. The Morgan fingerprint density at radius 2 is 2.00 bits per heavy atom. The van der Waals surface area contributed by atoms with Gasteiger partial charge in [0, 0.05) is 25.1 Å². The fraction of sp³-hybridized carbons (Fsp3) is 0.524. The lowest BCUT2D eigenvalue weighted by Gasteiger charge is -2.31. The molecule has 1 aromatic carbocycles. The SMILES string of the molecule is CC(C)[C@H](CO)Nc1nc(C2CC2)cc(N2CCc3ccc(S(N)(=O)=O)cc3C2)n1. The molecule has 2 aliphatic rings. The van der Waals surface area contributed by atoms with Crippen molar-refractivity contribution in [3.63, 3.8) is 0 Å². The molecule has 0 amide bonds. The molecule has 1 atom stereocenters.